The lowest BCUT2D eigenvalue weighted by atomic mass is 9.92. The molecule has 0 aliphatic carbocycles. The average Bonchev–Trinajstić information content (AvgIpc) is 3.11. The van der Waals surface area contributed by atoms with Crippen molar-refractivity contribution in [3.8, 4) is 11.9 Å². The van der Waals surface area contributed by atoms with Crippen LogP contribution < -0.4 is 14.5 Å². The Balaban J connectivity index is 1.64. The highest BCUT2D eigenvalue weighted by atomic mass is 16.5. The minimum atomic E-state index is 0.317. The lowest BCUT2D eigenvalue weighted by molar-refractivity contribution is 0.371. The summed E-state index contributed by atoms with van der Waals surface area (Å²) in [4.78, 5) is 18.0. The fourth-order valence-electron chi connectivity index (χ4n) is 4.12. The Bertz CT molecular complexity index is 848. The van der Waals surface area contributed by atoms with Crippen LogP contribution in [0.1, 0.15) is 24.1 Å². The largest absolute Gasteiger partial charge is 0.478 e. The molecule has 2 atom stereocenters. The molecule has 0 N–H and O–H groups in total. The van der Waals surface area contributed by atoms with Gasteiger partial charge in [0.1, 0.15) is 11.9 Å². The summed E-state index contributed by atoms with van der Waals surface area (Å²) in [5.41, 5.74) is 1.58. The number of hydrogen-bond acceptors (Lipinski definition) is 7. The van der Waals surface area contributed by atoms with Crippen molar-refractivity contribution in [3.05, 3.63) is 35.8 Å². The molecule has 2 saturated heterocycles. The van der Waals surface area contributed by atoms with Gasteiger partial charge in [-0.3, -0.25) is 0 Å². The zero-order valence-electron chi connectivity index (χ0n) is 15.1. The smallest absolute Gasteiger partial charge is 0.257 e. The first kappa shape index (κ1) is 16.6. The van der Waals surface area contributed by atoms with Gasteiger partial charge in [0.15, 0.2) is 5.82 Å². The number of piperidine rings is 1. The minimum Gasteiger partial charge on any atom is -0.478 e. The van der Waals surface area contributed by atoms with Crippen molar-refractivity contribution in [2.75, 3.05) is 36.5 Å². The van der Waals surface area contributed by atoms with Crippen LogP contribution in [0, 0.1) is 24.2 Å². The Hall–Kier alpha value is -2.88. The van der Waals surface area contributed by atoms with Gasteiger partial charge in [-0.25, -0.2) is 15.0 Å². The lowest BCUT2D eigenvalue weighted by Crippen LogP contribution is -2.49. The summed E-state index contributed by atoms with van der Waals surface area (Å²) in [7, 11) is 1.62. The van der Waals surface area contributed by atoms with Crippen LogP contribution >= 0.6 is 0 Å². The maximum absolute atomic E-state index is 9.50. The summed E-state index contributed by atoms with van der Waals surface area (Å²) in [5.74, 6) is 2.77. The van der Waals surface area contributed by atoms with Crippen molar-refractivity contribution < 1.29 is 4.74 Å². The van der Waals surface area contributed by atoms with E-state index in [4.69, 9.17) is 4.74 Å². The summed E-state index contributed by atoms with van der Waals surface area (Å²) in [6.45, 7) is 4.68. The first-order chi connectivity index (χ1) is 12.7. The Morgan fingerprint density at radius 3 is 2.77 bits per heavy atom. The Kier molecular flexibility index (Phi) is 4.33. The standard InChI is InChI=1S/C19H22N6O/c1-13-3-4-15(11-20)17(23-13)25-10-6-14-5-9-24(12-16(14)25)18-19(26-2)22-8-7-21-18/h3-4,7-8,14,16H,5-6,9-10,12H2,1-2H3. The van der Waals surface area contributed by atoms with Crippen molar-refractivity contribution in [1.82, 2.24) is 15.0 Å². The molecule has 4 rings (SSSR count). The van der Waals surface area contributed by atoms with E-state index < -0.39 is 0 Å². The van der Waals surface area contributed by atoms with Crippen LogP contribution in [0.15, 0.2) is 24.5 Å². The normalized spacial score (nSPS) is 22.0. The van der Waals surface area contributed by atoms with E-state index in [-0.39, 0.29) is 0 Å². The highest BCUT2D eigenvalue weighted by Crippen LogP contribution is 2.37. The summed E-state index contributed by atoms with van der Waals surface area (Å²) in [6.07, 6.45) is 5.57. The first-order valence-corrected chi connectivity index (χ1v) is 8.95. The topological polar surface area (TPSA) is 78.2 Å². The van der Waals surface area contributed by atoms with Gasteiger partial charge < -0.3 is 14.5 Å². The minimum absolute atomic E-state index is 0.317. The summed E-state index contributed by atoms with van der Waals surface area (Å²) in [6, 6.07) is 6.38. The second kappa shape index (κ2) is 6.79. The van der Waals surface area contributed by atoms with Crippen LogP contribution in [0.5, 0.6) is 5.88 Å². The van der Waals surface area contributed by atoms with Gasteiger partial charge >= 0.3 is 0 Å². The molecule has 0 saturated carbocycles. The van der Waals surface area contributed by atoms with Gasteiger partial charge in [-0.05, 0) is 37.8 Å². The highest BCUT2D eigenvalue weighted by molar-refractivity contribution is 5.57. The number of rotatable bonds is 3. The molecule has 134 valence electrons. The number of hydrogen-bond donors (Lipinski definition) is 0. The SMILES string of the molecule is COc1nccnc1N1CCC2CCN(c3nc(C)ccc3C#N)C2C1. The molecule has 26 heavy (non-hydrogen) atoms. The molecule has 2 aliphatic heterocycles. The molecule has 2 aliphatic rings. The Labute approximate surface area is 153 Å². The number of anilines is 2. The molecule has 7 nitrogen and oxygen atoms in total. The number of aromatic nitrogens is 3. The van der Waals surface area contributed by atoms with Crippen molar-refractivity contribution in [1.29, 1.82) is 5.26 Å². The molecular formula is C19H22N6O. The Morgan fingerprint density at radius 1 is 1.15 bits per heavy atom. The van der Waals surface area contributed by atoms with Gasteiger partial charge in [-0.15, -0.1) is 0 Å². The van der Waals surface area contributed by atoms with Crippen LogP contribution in [0.2, 0.25) is 0 Å². The van der Waals surface area contributed by atoms with E-state index in [0.717, 1.165) is 49.8 Å². The number of nitriles is 1. The van der Waals surface area contributed by atoms with Gasteiger partial charge in [0.2, 0.25) is 0 Å². The van der Waals surface area contributed by atoms with Crippen molar-refractivity contribution in [2.45, 2.75) is 25.8 Å². The molecule has 7 heteroatoms. The maximum Gasteiger partial charge on any atom is 0.257 e. The van der Waals surface area contributed by atoms with Gasteiger partial charge in [0.25, 0.3) is 5.88 Å². The van der Waals surface area contributed by atoms with Crippen LogP contribution in [0.3, 0.4) is 0 Å². The Morgan fingerprint density at radius 2 is 1.96 bits per heavy atom. The van der Waals surface area contributed by atoms with E-state index in [1.807, 2.05) is 19.1 Å². The van der Waals surface area contributed by atoms with Crippen LogP contribution in [0.25, 0.3) is 0 Å². The zero-order valence-corrected chi connectivity index (χ0v) is 15.1. The number of fused-ring (bicyclic) bond motifs is 1. The van der Waals surface area contributed by atoms with Gasteiger partial charge in [0, 0.05) is 37.7 Å². The number of pyridine rings is 1. The third kappa shape index (κ3) is 2.81. The fourth-order valence-corrected chi connectivity index (χ4v) is 4.12. The molecule has 2 unspecified atom stereocenters. The molecular weight excluding hydrogens is 328 g/mol. The first-order valence-electron chi connectivity index (χ1n) is 8.95. The molecule has 0 radical (unpaired) electrons. The van der Waals surface area contributed by atoms with E-state index in [9.17, 15) is 5.26 Å². The van der Waals surface area contributed by atoms with Gasteiger partial charge in [0.05, 0.1) is 18.7 Å². The maximum atomic E-state index is 9.50. The van der Waals surface area contributed by atoms with E-state index >= 15 is 0 Å². The zero-order chi connectivity index (χ0) is 18.1. The van der Waals surface area contributed by atoms with Crippen LogP contribution in [0.4, 0.5) is 11.6 Å². The van der Waals surface area contributed by atoms with Crippen molar-refractivity contribution in [3.63, 3.8) is 0 Å². The molecule has 2 aromatic rings. The van der Waals surface area contributed by atoms with Gasteiger partial charge in [-0.2, -0.15) is 5.26 Å². The molecule has 0 spiro atoms. The van der Waals surface area contributed by atoms with E-state index in [1.54, 1.807) is 19.5 Å². The van der Waals surface area contributed by atoms with Crippen LogP contribution in [-0.2, 0) is 0 Å². The second-order valence-electron chi connectivity index (χ2n) is 6.87. The van der Waals surface area contributed by atoms with Crippen molar-refractivity contribution >= 4 is 11.6 Å². The van der Waals surface area contributed by atoms with E-state index in [2.05, 4.69) is 30.8 Å². The molecule has 0 bridgehead atoms. The molecule has 2 aromatic heterocycles. The lowest BCUT2D eigenvalue weighted by Gasteiger charge is -2.39. The molecule has 2 fully saturated rings. The average molecular weight is 350 g/mol. The molecule has 4 heterocycles. The monoisotopic (exact) mass is 350 g/mol. The van der Waals surface area contributed by atoms with Gasteiger partial charge in [-0.1, -0.05) is 0 Å². The highest BCUT2D eigenvalue weighted by Gasteiger charge is 2.40. The number of aryl methyl sites for hydroxylation is 1. The van der Waals surface area contributed by atoms with Crippen LogP contribution in [-0.4, -0.2) is 47.7 Å². The number of nitrogens with zero attached hydrogens (tertiary/aromatic N) is 6. The second-order valence-corrected chi connectivity index (χ2v) is 6.87. The summed E-state index contributed by atoms with van der Waals surface area (Å²) in [5, 5.41) is 9.50. The summed E-state index contributed by atoms with van der Waals surface area (Å²) < 4.78 is 5.39. The van der Waals surface area contributed by atoms with E-state index in [1.165, 1.54) is 0 Å². The quantitative estimate of drug-likeness (QED) is 0.839. The van der Waals surface area contributed by atoms with Crippen molar-refractivity contribution in [2.24, 2.45) is 5.92 Å². The summed E-state index contributed by atoms with van der Waals surface area (Å²) >= 11 is 0. The molecule has 0 amide bonds. The predicted octanol–water partition coefficient (Wildman–Crippen LogP) is 2.17. The number of ether oxygens (including phenoxy) is 1. The van der Waals surface area contributed by atoms with E-state index in [0.29, 0.717) is 23.4 Å². The fraction of sp³-hybridized carbons (Fsp3) is 0.474. The predicted molar refractivity (Wildman–Crippen MR) is 98.3 cm³/mol. The molecule has 0 aromatic carbocycles. The third-order valence-corrected chi connectivity index (χ3v) is 5.41. The third-order valence-electron chi connectivity index (χ3n) is 5.41. The number of methoxy groups -OCH3 is 1.